The third-order valence-electron chi connectivity index (χ3n) is 4.45. The average Bonchev–Trinajstić information content (AvgIpc) is 3.39. The number of hydrogen-bond acceptors (Lipinski definition) is 6. The minimum Gasteiger partial charge on any atom is -0.249 e. The van der Waals surface area contributed by atoms with Crippen LogP contribution >= 0.6 is 12.2 Å². The van der Waals surface area contributed by atoms with Crippen LogP contribution in [0.3, 0.4) is 0 Å². The number of rotatable bonds is 7. The molecular weight excluding hydrogens is 370 g/mol. The summed E-state index contributed by atoms with van der Waals surface area (Å²) in [6.45, 7) is 2.96. The van der Waals surface area contributed by atoms with Crippen molar-refractivity contribution in [3.05, 3.63) is 65.7 Å². The zero-order chi connectivity index (χ0) is 19.3. The number of aromatic amines is 1. The van der Waals surface area contributed by atoms with Gasteiger partial charge in [0.25, 0.3) is 0 Å². The maximum atomic E-state index is 4.98. The monoisotopic (exact) mass is 389 g/mol. The van der Waals surface area contributed by atoms with Crippen molar-refractivity contribution in [3.8, 4) is 22.5 Å². The van der Waals surface area contributed by atoms with Crippen molar-refractivity contribution >= 4 is 17.6 Å². The first-order valence-corrected chi connectivity index (χ1v) is 9.56. The molecule has 0 atom stereocenters. The first kappa shape index (κ1) is 18.1. The smallest absolute Gasteiger partial charge is 0.205 e. The van der Waals surface area contributed by atoms with E-state index < -0.39 is 0 Å². The zero-order valence-corrected chi connectivity index (χ0v) is 16.2. The summed E-state index contributed by atoms with van der Waals surface area (Å²) < 4.78 is 1.94. The molecule has 0 aliphatic rings. The van der Waals surface area contributed by atoms with Crippen LogP contribution in [0.4, 0.5) is 0 Å². The van der Waals surface area contributed by atoms with Gasteiger partial charge in [-0.05, 0) is 28.3 Å². The molecule has 0 aliphatic heterocycles. The van der Waals surface area contributed by atoms with E-state index in [1.165, 1.54) is 10.9 Å². The van der Waals surface area contributed by atoms with Gasteiger partial charge in [0.15, 0.2) is 5.82 Å². The van der Waals surface area contributed by atoms with Crippen LogP contribution in [0.2, 0.25) is 0 Å². The van der Waals surface area contributed by atoms with Gasteiger partial charge >= 0.3 is 0 Å². The Balaban J connectivity index is 1.61. The van der Waals surface area contributed by atoms with Crippen molar-refractivity contribution < 1.29 is 0 Å². The standard InChI is InChI=1S/C20H19N7S/c1-2-11-27-19(21-18(13-28)24-27)12-14-7-9-15(10-8-14)16-5-3-4-6-17(16)20-22-25-26-23-20/h3-10,13H,2,11-12H2,1H3,(H,22,23,25,26). The highest BCUT2D eigenvalue weighted by Gasteiger charge is 2.12. The minimum absolute atomic E-state index is 0.583. The summed E-state index contributed by atoms with van der Waals surface area (Å²) in [5.74, 6) is 2.11. The predicted octanol–water partition coefficient (Wildman–Crippen LogP) is 3.47. The number of nitrogens with zero attached hydrogens (tertiary/aromatic N) is 6. The molecule has 0 fully saturated rings. The summed E-state index contributed by atoms with van der Waals surface area (Å²) >= 11 is 4.98. The largest absolute Gasteiger partial charge is 0.249 e. The number of nitrogens with one attached hydrogen (secondary N) is 1. The van der Waals surface area contributed by atoms with Crippen LogP contribution in [-0.2, 0) is 13.0 Å². The molecule has 1 N–H and O–H groups in total. The van der Waals surface area contributed by atoms with E-state index in [0.717, 1.165) is 35.5 Å². The Morgan fingerprint density at radius 1 is 1.07 bits per heavy atom. The van der Waals surface area contributed by atoms with Crippen molar-refractivity contribution in [1.29, 1.82) is 0 Å². The van der Waals surface area contributed by atoms with Gasteiger partial charge < -0.3 is 0 Å². The molecule has 140 valence electrons. The number of aromatic nitrogens is 7. The highest BCUT2D eigenvalue weighted by molar-refractivity contribution is 7.79. The van der Waals surface area contributed by atoms with Gasteiger partial charge in [-0.25, -0.2) is 9.67 Å². The average molecular weight is 389 g/mol. The summed E-state index contributed by atoms with van der Waals surface area (Å²) in [7, 11) is 0. The molecule has 2 aromatic heterocycles. The summed E-state index contributed by atoms with van der Waals surface area (Å²) in [5.41, 5.74) is 4.27. The molecule has 7 nitrogen and oxygen atoms in total. The molecule has 0 saturated heterocycles. The lowest BCUT2D eigenvalue weighted by Gasteiger charge is -2.08. The maximum Gasteiger partial charge on any atom is 0.205 e. The van der Waals surface area contributed by atoms with Gasteiger partial charge in [0.1, 0.15) is 5.82 Å². The fraction of sp³-hybridized carbons (Fsp3) is 0.200. The Bertz CT molecular complexity index is 1070. The topological polar surface area (TPSA) is 85.2 Å². The number of hydrogen-bond donors (Lipinski definition) is 1. The predicted molar refractivity (Wildman–Crippen MR) is 111 cm³/mol. The molecule has 0 aliphatic carbocycles. The summed E-state index contributed by atoms with van der Waals surface area (Å²) in [6.07, 6.45) is 1.71. The number of aryl methyl sites for hydroxylation is 1. The Morgan fingerprint density at radius 2 is 1.86 bits per heavy atom. The second kappa shape index (κ2) is 8.18. The van der Waals surface area contributed by atoms with Gasteiger partial charge in [-0.15, -0.1) is 10.2 Å². The Kier molecular flexibility index (Phi) is 5.29. The molecule has 0 amide bonds. The van der Waals surface area contributed by atoms with E-state index in [9.17, 15) is 0 Å². The van der Waals surface area contributed by atoms with Gasteiger partial charge in [-0.2, -0.15) is 10.3 Å². The van der Waals surface area contributed by atoms with Crippen molar-refractivity contribution in [1.82, 2.24) is 35.4 Å². The molecule has 28 heavy (non-hydrogen) atoms. The van der Waals surface area contributed by atoms with Crippen molar-refractivity contribution in [3.63, 3.8) is 0 Å². The van der Waals surface area contributed by atoms with Crippen molar-refractivity contribution in [2.45, 2.75) is 26.3 Å². The SMILES string of the molecule is CCCn1nc(C=S)nc1Cc1ccc(-c2ccccc2-c2nn[nH]n2)cc1. The summed E-state index contributed by atoms with van der Waals surface area (Å²) in [5, 5.41) is 20.4. The van der Waals surface area contributed by atoms with Crippen molar-refractivity contribution in [2.24, 2.45) is 0 Å². The van der Waals surface area contributed by atoms with E-state index in [-0.39, 0.29) is 0 Å². The second-order valence-electron chi connectivity index (χ2n) is 6.38. The lowest BCUT2D eigenvalue weighted by atomic mass is 9.98. The van der Waals surface area contributed by atoms with Gasteiger partial charge in [0.05, 0.1) is 0 Å². The zero-order valence-electron chi connectivity index (χ0n) is 15.4. The fourth-order valence-corrected chi connectivity index (χ4v) is 3.26. The molecule has 4 rings (SSSR count). The third kappa shape index (κ3) is 3.72. The Labute approximate surface area is 167 Å². The van der Waals surface area contributed by atoms with Crippen LogP contribution < -0.4 is 0 Å². The van der Waals surface area contributed by atoms with Gasteiger partial charge in [0.2, 0.25) is 5.82 Å². The van der Waals surface area contributed by atoms with E-state index in [2.05, 4.69) is 68.0 Å². The highest BCUT2D eigenvalue weighted by Crippen LogP contribution is 2.29. The number of benzene rings is 2. The molecule has 0 bridgehead atoms. The lowest BCUT2D eigenvalue weighted by molar-refractivity contribution is 0.575. The second-order valence-corrected chi connectivity index (χ2v) is 6.62. The first-order chi connectivity index (χ1) is 13.8. The maximum absolute atomic E-state index is 4.98. The van der Waals surface area contributed by atoms with Crippen LogP contribution in [-0.4, -0.2) is 40.8 Å². The molecule has 2 heterocycles. The molecule has 0 radical (unpaired) electrons. The quantitative estimate of drug-likeness (QED) is 0.487. The van der Waals surface area contributed by atoms with Gasteiger partial charge in [0, 0.05) is 23.9 Å². The molecule has 0 unspecified atom stereocenters. The molecule has 0 spiro atoms. The van der Waals surface area contributed by atoms with E-state index in [0.29, 0.717) is 18.1 Å². The summed E-state index contributed by atoms with van der Waals surface area (Å²) in [6, 6.07) is 16.5. The molecule has 0 saturated carbocycles. The Morgan fingerprint density at radius 3 is 2.54 bits per heavy atom. The van der Waals surface area contributed by atoms with E-state index >= 15 is 0 Å². The normalized spacial score (nSPS) is 10.9. The summed E-state index contributed by atoms with van der Waals surface area (Å²) in [4.78, 5) is 4.54. The van der Waals surface area contributed by atoms with Crippen LogP contribution in [0, 0.1) is 0 Å². The number of thiocarbonyl (C=S) groups is 1. The molecule has 4 aromatic rings. The molecule has 2 aromatic carbocycles. The number of H-pyrrole nitrogens is 1. The highest BCUT2D eigenvalue weighted by atomic mass is 32.1. The lowest BCUT2D eigenvalue weighted by Crippen LogP contribution is -2.06. The molecule has 8 heteroatoms. The Hall–Kier alpha value is -3.26. The molecular formula is C20H19N7S. The van der Waals surface area contributed by atoms with Crippen LogP contribution in [0.25, 0.3) is 22.5 Å². The fourth-order valence-electron chi connectivity index (χ4n) is 3.16. The third-order valence-corrected chi connectivity index (χ3v) is 4.66. The van der Waals surface area contributed by atoms with E-state index in [4.69, 9.17) is 12.2 Å². The number of tetrazole rings is 1. The van der Waals surface area contributed by atoms with Crippen LogP contribution in [0.15, 0.2) is 48.5 Å². The van der Waals surface area contributed by atoms with Crippen LogP contribution in [0.1, 0.15) is 30.6 Å². The van der Waals surface area contributed by atoms with E-state index in [1.54, 1.807) is 0 Å². The minimum atomic E-state index is 0.583. The van der Waals surface area contributed by atoms with Gasteiger partial charge in [-0.3, -0.25) is 0 Å². The van der Waals surface area contributed by atoms with Crippen molar-refractivity contribution in [2.75, 3.05) is 0 Å². The van der Waals surface area contributed by atoms with Gasteiger partial charge in [-0.1, -0.05) is 67.7 Å². The first-order valence-electron chi connectivity index (χ1n) is 9.09. The van der Waals surface area contributed by atoms with Crippen LogP contribution in [0.5, 0.6) is 0 Å². The van der Waals surface area contributed by atoms with E-state index in [1.807, 2.05) is 22.9 Å².